The lowest BCUT2D eigenvalue weighted by Crippen LogP contribution is -2.40. The number of allylic oxidation sites excluding steroid dienone is 2. The fourth-order valence-corrected chi connectivity index (χ4v) is 5.50. The molecule has 6 heteroatoms. The van der Waals surface area contributed by atoms with Crippen molar-refractivity contribution < 1.29 is 19.1 Å². The highest BCUT2D eigenvalue weighted by atomic mass is 16.5. The normalized spacial score (nSPS) is 33.6. The number of nitrogens with zero attached hydrogens (tertiary/aromatic N) is 2. The van der Waals surface area contributed by atoms with Crippen molar-refractivity contribution in [2.75, 3.05) is 0 Å². The van der Waals surface area contributed by atoms with E-state index in [1.807, 2.05) is 45.9 Å². The van der Waals surface area contributed by atoms with Crippen LogP contribution in [0, 0.1) is 35.5 Å². The van der Waals surface area contributed by atoms with Crippen LogP contribution in [0.2, 0.25) is 0 Å². The van der Waals surface area contributed by atoms with Crippen LogP contribution in [0.5, 0.6) is 11.5 Å². The van der Waals surface area contributed by atoms with Crippen molar-refractivity contribution in [1.82, 2.24) is 5.01 Å². The molecule has 2 saturated carbocycles. The van der Waals surface area contributed by atoms with Crippen LogP contribution in [-0.4, -0.2) is 35.2 Å². The first-order valence-corrected chi connectivity index (χ1v) is 10.9. The number of benzene rings is 1. The summed E-state index contributed by atoms with van der Waals surface area (Å²) in [5, 5.41) is 5.44. The molecule has 0 N–H and O–H groups in total. The van der Waals surface area contributed by atoms with Crippen LogP contribution in [0.25, 0.3) is 0 Å². The fraction of sp³-hybridized carbons (Fsp3) is 0.542. The minimum absolute atomic E-state index is 0.0298. The second-order valence-electron chi connectivity index (χ2n) is 9.42. The van der Waals surface area contributed by atoms with E-state index in [4.69, 9.17) is 9.47 Å². The lowest BCUT2D eigenvalue weighted by molar-refractivity contribution is -0.140. The molecule has 2 amide bonds. The molecule has 1 heterocycles. The van der Waals surface area contributed by atoms with E-state index in [0.717, 1.165) is 11.4 Å². The predicted molar refractivity (Wildman–Crippen MR) is 112 cm³/mol. The molecular formula is C24H28N2O4. The smallest absolute Gasteiger partial charge is 0.254 e. The van der Waals surface area contributed by atoms with Crippen LogP contribution >= 0.6 is 0 Å². The van der Waals surface area contributed by atoms with Gasteiger partial charge in [0.25, 0.3) is 11.8 Å². The van der Waals surface area contributed by atoms with E-state index in [1.54, 1.807) is 6.21 Å². The molecule has 158 valence electrons. The highest BCUT2D eigenvalue weighted by molar-refractivity contribution is 6.06. The molecule has 3 fully saturated rings. The standard InChI is InChI=1S/C24H28N2O4/c1-12(2)29-15-6-5-14(20(9-15)30-13(3)4)11-25-26-23(27)21-16-7-8-17(19-10-18(16)19)22(21)24(26)28/h5-9,11-13,16-19,21-22H,10H2,1-4H3/b25-11-/t16-,17-,18-,19+,21+,22-/m1/s1. The third kappa shape index (κ3) is 3.04. The number of hydrogen-bond acceptors (Lipinski definition) is 5. The molecule has 5 aliphatic rings. The Balaban J connectivity index is 1.40. The highest BCUT2D eigenvalue weighted by Gasteiger charge is 2.67. The third-order valence-electron chi connectivity index (χ3n) is 6.67. The number of hydrazone groups is 1. The summed E-state index contributed by atoms with van der Waals surface area (Å²) in [5.74, 6) is 2.12. The van der Waals surface area contributed by atoms with Gasteiger partial charge in [-0.1, -0.05) is 12.2 Å². The van der Waals surface area contributed by atoms with Gasteiger partial charge in [-0.15, -0.1) is 0 Å². The van der Waals surface area contributed by atoms with Gasteiger partial charge in [0, 0.05) is 11.6 Å². The van der Waals surface area contributed by atoms with Gasteiger partial charge in [-0.3, -0.25) is 9.59 Å². The van der Waals surface area contributed by atoms with Gasteiger partial charge < -0.3 is 9.47 Å². The minimum atomic E-state index is -0.235. The van der Waals surface area contributed by atoms with Crippen molar-refractivity contribution in [2.45, 2.75) is 46.3 Å². The summed E-state index contributed by atoms with van der Waals surface area (Å²) in [5.41, 5.74) is 0.708. The Morgan fingerprint density at radius 3 is 2.13 bits per heavy atom. The summed E-state index contributed by atoms with van der Waals surface area (Å²) in [4.78, 5) is 26.1. The number of carbonyl (C=O) groups is 2. The Kier molecular flexibility index (Phi) is 4.49. The van der Waals surface area contributed by atoms with Crippen molar-refractivity contribution in [3.8, 4) is 11.5 Å². The summed E-state index contributed by atoms with van der Waals surface area (Å²) in [6.07, 6.45) is 7.06. The molecule has 1 saturated heterocycles. The number of hydrogen-bond donors (Lipinski definition) is 0. The number of imide groups is 1. The van der Waals surface area contributed by atoms with E-state index in [1.165, 1.54) is 0 Å². The number of carbonyl (C=O) groups excluding carboxylic acids is 2. The molecule has 1 aliphatic heterocycles. The summed E-state index contributed by atoms with van der Waals surface area (Å²) in [6.45, 7) is 7.83. The van der Waals surface area contributed by atoms with E-state index in [0.29, 0.717) is 28.9 Å². The van der Waals surface area contributed by atoms with E-state index < -0.39 is 0 Å². The zero-order valence-corrected chi connectivity index (χ0v) is 17.8. The van der Waals surface area contributed by atoms with Crippen LogP contribution in [0.4, 0.5) is 0 Å². The van der Waals surface area contributed by atoms with Crippen molar-refractivity contribution in [2.24, 2.45) is 40.6 Å². The Labute approximate surface area is 176 Å². The number of rotatable bonds is 6. The fourth-order valence-electron chi connectivity index (χ4n) is 5.50. The molecule has 30 heavy (non-hydrogen) atoms. The number of amides is 2. The summed E-state index contributed by atoms with van der Waals surface area (Å²) >= 11 is 0. The maximum absolute atomic E-state index is 13.1. The van der Waals surface area contributed by atoms with Gasteiger partial charge in [0.15, 0.2) is 0 Å². The molecule has 0 unspecified atom stereocenters. The zero-order valence-electron chi connectivity index (χ0n) is 17.8. The Bertz CT molecular complexity index is 915. The Hall–Kier alpha value is -2.63. The van der Waals surface area contributed by atoms with Gasteiger partial charge in [-0.2, -0.15) is 10.1 Å². The molecule has 4 aliphatic carbocycles. The topological polar surface area (TPSA) is 68.2 Å². The average molecular weight is 408 g/mol. The van der Waals surface area contributed by atoms with Gasteiger partial charge >= 0.3 is 0 Å². The van der Waals surface area contributed by atoms with Crippen LogP contribution in [0.3, 0.4) is 0 Å². The molecule has 0 radical (unpaired) electrons. The van der Waals surface area contributed by atoms with E-state index in [-0.39, 0.29) is 47.7 Å². The first kappa shape index (κ1) is 19.3. The van der Waals surface area contributed by atoms with Crippen molar-refractivity contribution >= 4 is 18.0 Å². The Morgan fingerprint density at radius 1 is 0.967 bits per heavy atom. The van der Waals surface area contributed by atoms with Gasteiger partial charge in [0.05, 0.1) is 30.3 Å². The van der Waals surface area contributed by atoms with Crippen LogP contribution in [-0.2, 0) is 9.59 Å². The molecule has 6 rings (SSSR count). The molecule has 0 aromatic heterocycles. The quantitative estimate of drug-likeness (QED) is 0.409. The summed E-state index contributed by atoms with van der Waals surface area (Å²) in [6, 6.07) is 5.52. The average Bonchev–Trinajstić information content (AvgIpc) is 3.46. The SMILES string of the molecule is CC(C)Oc1ccc(/C=N\N2C(=O)[C@@H]3[C@@H]4C=C[C@H]([C@H]5C[C@@H]45)[C@@H]3C2=O)c(OC(C)C)c1. The first-order valence-electron chi connectivity index (χ1n) is 10.9. The molecule has 1 aromatic rings. The molecule has 0 spiro atoms. The van der Waals surface area contributed by atoms with Crippen LogP contribution in [0.1, 0.15) is 39.7 Å². The van der Waals surface area contributed by atoms with Crippen LogP contribution < -0.4 is 9.47 Å². The molecule has 6 atom stereocenters. The highest BCUT2D eigenvalue weighted by Crippen LogP contribution is 2.65. The largest absolute Gasteiger partial charge is 0.491 e. The molecule has 1 aromatic carbocycles. The molecular weight excluding hydrogens is 380 g/mol. The number of ether oxygens (including phenoxy) is 2. The lowest BCUT2D eigenvalue weighted by atomic mass is 9.63. The van der Waals surface area contributed by atoms with E-state index in [2.05, 4.69) is 17.3 Å². The van der Waals surface area contributed by atoms with Crippen molar-refractivity contribution in [1.29, 1.82) is 0 Å². The van der Waals surface area contributed by atoms with Gasteiger partial charge in [0.1, 0.15) is 11.5 Å². The summed E-state index contributed by atoms with van der Waals surface area (Å²) < 4.78 is 11.7. The van der Waals surface area contributed by atoms with Crippen LogP contribution in [0.15, 0.2) is 35.5 Å². The van der Waals surface area contributed by atoms with E-state index >= 15 is 0 Å². The third-order valence-corrected chi connectivity index (χ3v) is 6.67. The second-order valence-corrected chi connectivity index (χ2v) is 9.42. The van der Waals surface area contributed by atoms with E-state index in [9.17, 15) is 9.59 Å². The molecule has 6 nitrogen and oxygen atoms in total. The van der Waals surface area contributed by atoms with Gasteiger partial charge in [-0.25, -0.2) is 0 Å². The maximum atomic E-state index is 13.1. The van der Waals surface area contributed by atoms with Crippen molar-refractivity contribution in [3.05, 3.63) is 35.9 Å². The molecule has 2 bridgehead atoms. The first-order chi connectivity index (χ1) is 14.3. The minimum Gasteiger partial charge on any atom is -0.491 e. The summed E-state index contributed by atoms with van der Waals surface area (Å²) in [7, 11) is 0. The predicted octanol–water partition coefficient (Wildman–Crippen LogP) is 3.65. The maximum Gasteiger partial charge on any atom is 0.254 e. The van der Waals surface area contributed by atoms with Gasteiger partial charge in [-0.05, 0) is 69.9 Å². The monoisotopic (exact) mass is 408 g/mol. The van der Waals surface area contributed by atoms with Gasteiger partial charge in [0.2, 0.25) is 0 Å². The second kappa shape index (κ2) is 6.96. The Morgan fingerprint density at radius 2 is 1.57 bits per heavy atom. The van der Waals surface area contributed by atoms with Crippen molar-refractivity contribution in [3.63, 3.8) is 0 Å². The zero-order chi connectivity index (χ0) is 21.2. The lowest BCUT2D eigenvalue weighted by Gasteiger charge is -2.37.